The van der Waals surface area contributed by atoms with E-state index in [4.69, 9.17) is 9.97 Å². The summed E-state index contributed by atoms with van der Waals surface area (Å²) < 4.78 is 6.02. The molecule has 0 saturated carbocycles. The standard InChI is InChI=1S/C54H30N4S2/c1-2-15-34-31(12-1)13-9-19-37(34)50-53(56-54-51(55-50)39-17-4-7-23-47(39)60-54)58-43-21-5-3-16-36(43)41-29-33(26-27-44(41)58)35-18-10-14-32-28-42-38-20-11-25-49-52(38)57(46(42)30-40(32)35)45-22-6-8-24-48(45)59-49/h1-30H. The minimum atomic E-state index is 0.837. The number of nitrogens with zero attached hydrogens (tertiary/aromatic N) is 4. The second-order valence-electron chi connectivity index (χ2n) is 15.7. The quantitative estimate of drug-likeness (QED) is 0.179. The van der Waals surface area contributed by atoms with Gasteiger partial charge in [0.2, 0.25) is 0 Å². The molecule has 0 saturated heterocycles. The van der Waals surface area contributed by atoms with Crippen molar-refractivity contribution in [1.82, 2.24) is 19.1 Å². The summed E-state index contributed by atoms with van der Waals surface area (Å²) in [7, 11) is 0. The lowest BCUT2D eigenvalue weighted by molar-refractivity contribution is 1.09. The maximum absolute atomic E-state index is 5.57. The summed E-state index contributed by atoms with van der Waals surface area (Å²) in [6.45, 7) is 0. The van der Waals surface area contributed by atoms with E-state index in [1.165, 1.54) is 80.0 Å². The van der Waals surface area contributed by atoms with Crippen LogP contribution in [0.4, 0.5) is 0 Å². The summed E-state index contributed by atoms with van der Waals surface area (Å²) in [5.41, 5.74) is 11.3. The SMILES string of the molecule is c1ccc2c(c1)Sc1cccc3c4cc5cccc(-c6ccc7c(c6)c6ccccc6n7-c6nc7sc8ccccc8c7nc6-c6cccc7ccccc67)c5cc4n-2c13. The highest BCUT2D eigenvalue weighted by molar-refractivity contribution is 7.99. The molecule has 60 heavy (non-hydrogen) atoms. The van der Waals surface area contributed by atoms with Crippen LogP contribution in [0.3, 0.4) is 0 Å². The average Bonchev–Trinajstić information content (AvgIpc) is 3.95. The van der Waals surface area contributed by atoms with Crippen molar-refractivity contribution in [1.29, 1.82) is 0 Å². The fourth-order valence-electron chi connectivity index (χ4n) is 9.89. The lowest BCUT2D eigenvalue weighted by Crippen LogP contribution is -2.03. The van der Waals surface area contributed by atoms with Gasteiger partial charge < -0.3 is 4.57 Å². The first-order valence-corrected chi connectivity index (χ1v) is 21.9. The fourth-order valence-corrected chi connectivity index (χ4v) is 12.0. The summed E-state index contributed by atoms with van der Waals surface area (Å²) in [5.74, 6) is 0.837. The maximum atomic E-state index is 5.57. The van der Waals surface area contributed by atoms with E-state index in [-0.39, 0.29) is 0 Å². The number of rotatable bonds is 3. The lowest BCUT2D eigenvalue weighted by atomic mass is 9.95. The van der Waals surface area contributed by atoms with Gasteiger partial charge in [-0.05, 0) is 87.3 Å². The second kappa shape index (κ2) is 12.1. The third-order valence-corrected chi connectivity index (χ3v) is 14.7. The molecule has 0 radical (unpaired) electrons. The Balaban J connectivity index is 1.03. The van der Waals surface area contributed by atoms with Crippen molar-refractivity contribution < 1.29 is 0 Å². The van der Waals surface area contributed by atoms with E-state index in [1.54, 1.807) is 11.3 Å². The molecule has 13 aromatic rings. The number of benzene rings is 9. The van der Waals surface area contributed by atoms with Crippen LogP contribution in [0.25, 0.3) is 119 Å². The van der Waals surface area contributed by atoms with Crippen LogP contribution >= 0.6 is 23.1 Å². The van der Waals surface area contributed by atoms with Gasteiger partial charge in [0.15, 0.2) is 5.82 Å². The number of thiophene rings is 1. The molecule has 0 fully saturated rings. The number of hydrogen-bond donors (Lipinski definition) is 0. The molecular weight excluding hydrogens is 769 g/mol. The van der Waals surface area contributed by atoms with Gasteiger partial charge in [-0.1, -0.05) is 139 Å². The van der Waals surface area contributed by atoms with Crippen molar-refractivity contribution in [3.63, 3.8) is 0 Å². The van der Waals surface area contributed by atoms with E-state index in [2.05, 4.69) is 191 Å². The van der Waals surface area contributed by atoms with Gasteiger partial charge in [-0.2, -0.15) is 0 Å². The highest BCUT2D eigenvalue weighted by Gasteiger charge is 2.25. The van der Waals surface area contributed by atoms with Crippen LogP contribution in [0, 0.1) is 0 Å². The number of para-hydroxylation sites is 3. The summed E-state index contributed by atoms with van der Waals surface area (Å²) in [4.78, 5) is 14.6. The summed E-state index contributed by atoms with van der Waals surface area (Å²) in [6, 6.07) is 66.4. The molecule has 1 aliphatic rings. The van der Waals surface area contributed by atoms with Gasteiger partial charge in [-0.15, -0.1) is 11.3 Å². The predicted molar refractivity (Wildman–Crippen MR) is 254 cm³/mol. The molecule has 0 aliphatic carbocycles. The molecule has 0 unspecified atom stereocenters. The molecule has 0 amide bonds. The Morgan fingerprint density at radius 2 is 1.12 bits per heavy atom. The van der Waals surface area contributed by atoms with E-state index < -0.39 is 0 Å². The monoisotopic (exact) mass is 798 g/mol. The number of hydrogen-bond acceptors (Lipinski definition) is 4. The van der Waals surface area contributed by atoms with E-state index in [1.807, 2.05) is 11.8 Å². The molecule has 278 valence electrons. The zero-order valence-corrected chi connectivity index (χ0v) is 33.6. The molecule has 0 bridgehead atoms. The Hall–Kier alpha value is -7.25. The largest absolute Gasteiger partial charge is 0.307 e. The van der Waals surface area contributed by atoms with Gasteiger partial charge in [0.1, 0.15) is 16.0 Å². The maximum Gasteiger partial charge on any atom is 0.166 e. The van der Waals surface area contributed by atoms with Crippen molar-refractivity contribution in [2.75, 3.05) is 0 Å². The Bertz CT molecular complexity index is 4000. The molecular formula is C54H30N4S2. The van der Waals surface area contributed by atoms with Crippen LogP contribution in [-0.2, 0) is 0 Å². The first kappa shape index (κ1) is 32.7. The minimum absolute atomic E-state index is 0.837. The number of aromatic nitrogens is 4. The molecule has 1 aliphatic heterocycles. The van der Waals surface area contributed by atoms with E-state index in [0.29, 0.717) is 0 Å². The second-order valence-corrected chi connectivity index (χ2v) is 17.8. The van der Waals surface area contributed by atoms with Crippen LogP contribution in [0.15, 0.2) is 192 Å². The minimum Gasteiger partial charge on any atom is -0.307 e. The lowest BCUT2D eigenvalue weighted by Gasteiger charge is -2.19. The van der Waals surface area contributed by atoms with Crippen LogP contribution in [0.2, 0.25) is 0 Å². The topological polar surface area (TPSA) is 35.6 Å². The molecule has 0 atom stereocenters. The zero-order valence-electron chi connectivity index (χ0n) is 31.9. The molecule has 4 nitrogen and oxygen atoms in total. The normalized spacial score (nSPS) is 12.6. The molecule has 9 aromatic carbocycles. The smallest absolute Gasteiger partial charge is 0.166 e. The first-order chi connectivity index (χ1) is 29.7. The van der Waals surface area contributed by atoms with Crippen molar-refractivity contribution in [3.05, 3.63) is 182 Å². The highest BCUT2D eigenvalue weighted by Crippen LogP contribution is 2.48. The summed E-state index contributed by atoms with van der Waals surface area (Å²) in [6.07, 6.45) is 0. The Morgan fingerprint density at radius 1 is 0.417 bits per heavy atom. The molecule has 14 rings (SSSR count). The van der Waals surface area contributed by atoms with Gasteiger partial charge in [-0.25, -0.2) is 9.97 Å². The van der Waals surface area contributed by atoms with Crippen molar-refractivity contribution in [2.24, 2.45) is 0 Å². The van der Waals surface area contributed by atoms with Crippen LogP contribution in [0.1, 0.15) is 0 Å². The number of fused-ring (bicyclic) bond motifs is 13. The molecule has 4 aromatic heterocycles. The van der Waals surface area contributed by atoms with E-state index in [0.717, 1.165) is 49.2 Å². The Morgan fingerprint density at radius 3 is 2.07 bits per heavy atom. The van der Waals surface area contributed by atoms with E-state index in [9.17, 15) is 0 Å². The van der Waals surface area contributed by atoms with Gasteiger partial charge in [0.25, 0.3) is 0 Å². The van der Waals surface area contributed by atoms with Crippen LogP contribution < -0.4 is 0 Å². The third kappa shape index (κ3) is 4.46. The molecule has 0 N–H and O–H groups in total. The van der Waals surface area contributed by atoms with Crippen LogP contribution in [-0.4, -0.2) is 19.1 Å². The third-order valence-electron chi connectivity index (χ3n) is 12.5. The van der Waals surface area contributed by atoms with Crippen molar-refractivity contribution in [2.45, 2.75) is 9.79 Å². The van der Waals surface area contributed by atoms with Gasteiger partial charge in [0, 0.05) is 47.0 Å². The van der Waals surface area contributed by atoms with Crippen molar-refractivity contribution in [3.8, 4) is 33.9 Å². The predicted octanol–water partition coefficient (Wildman–Crippen LogP) is 15.1. The molecule has 5 heterocycles. The van der Waals surface area contributed by atoms with E-state index >= 15 is 0 Å². The van der Waals surface area contributed by atoms with Gasteiger partial charge >= 0.3 is 0 Å². The highest BCUT2D eigenvalue weighted by atomic mass is 32.2. The van der Waals surface area contributed by atoms with Crippen molar-refractivity contribution >= 4 is 109 Å². The first-order valence-electron chi connectivity index (χ1n) is 20.2. The summed E-state index contributed by atoms with van der Waals surface area (Å²) in [5, 5.41) is 10.9. The average molecular weight is 799 g/mol. The van der Waals surface area contributed by atoms with Crippen LogP contribution in [0.5, 0.6) is 0 Å². The zero-order chi connectivity index (χ0) is 39.1. The molecule has 0 spiro atoms. The molecule has 6 heteroatoms. The summed E-state index contributed by atoms with van der Waals surface area (Å²) >= 11 is 3.57. The fraction of sp³-hybridized carbons (Fsp3) is 0. The van der Waals surface area contributed by atoms with Gasteiger partial charge in [0.05, 0.1) is 27.8 Å². The Kier molecular flexibility index (Phi) is 6.62. The van der Waals surface area contributed by atoms with Gasteiger partial charge in [-0.3, -0.25) is 4.57 Å². The Labute approximate surface area is 351 Å².